The number of nitrogens with zero attached hydrogens (tertiary/aromatic N) is 2. The van der Waals surface area contributed by atoms with Gasteiger partial charge in [0.2, 0.25) is 0 Å². The molecule has 0 aliphatic rings. The maximum atomic E-state index is 15.3. The van der Waals surface area contributed by atoms with Crippen molar-refractivity contribution in [3.8, 4) is 56.6 Å². The highest BCUT2D eigenvalue weighted by Crippen LogP contribution is 2.46. The molecule has 0 unspecified atom stereocenters. The van der Waals surface area contributed by atoms with Crippen molar-refractivity contribution in [2.75, 3.05) is 13.2 Å². The molecule has 2 N–H and O–H groups in total. The molecule has 0 amide bonds. The first-order valence-corrected chi connectivity index (χ1v) is 25.0. The molecule has 10 aromatic rings. The second-order valence-corrected chi connectivity index (χ2v) is 19.3. The molecule has 6 nitrogen and oxygen atoms in total. The zero-order chi connectivity index (χ0) is 49.5. The molecule has 0 radical (unpaired) electrons. The molecule has 8 aromatic carbocycles. The molecule has 71 heavy (non-hydrogen) atoms. The molecular weight excluding hydrogens is 887 g/mol. The lowest BCUT2D eigenvalue weighted by Crippen LogP contribution is -2.07. The number of phenols is 2. The van der Waals surface area contributed by atoms with Gasteiger partial charge in [-0.15, -0.1) is 0 Å². The third-order valence-corrected chi connectivity index (χ3v) is 13.8. The molecule has 0 atom stereocenters. The second kappa shape index (κ2) is 19.7. The van der Waals surface area contributed by atoms with Crippen LogP contribution in [0.25, 0.3) is 77.2 Å². The average molecular weight is 947 g/mol. The number of hydrogen-bond donors (Lipinski definition) is 2. The van der Waals surface area contributed by atoms with E-state index in [1.807, 2.05) is 12.1 Å². The molecule has 360 valence electrons. The normalized spacial score (nSPS) is 11.7. The van der Waals surface area contributed by atoms with Crippen LogP contribution in [0.4, 0.5) is 8.78 Å². The smallest absolute Gasteiger partial charge is 0.147 e. The molecule has 2 heterocycles. The lowest BCUT2D eigenvalue weighted by Gasteiger charge is -2.19. The Hall–Kier alpha value is -7.58. The van der Waals surface area contributed by atoms with Gasteiger partial charge in [0, 0.05) is 50.2 Å². The summed E-state index contributed by atoms with van der Waals surface area (Å²) in [5.41, 5.74) is 13.6. The van der Waals surface area contributed by atoms with Crippen LogP contribution >= 0.6 is 0 Å². The van der Waals surface area contributed by atoms with Gasteiger partial charge in [-0.2, -0.15) is 0 Å². The lowest BCUT2D eigenvalue weighted by atomic mass is 9.97. The fourth-order valence-corrected chi connectivity index (χ4v) is 10.3. The molecule has 0 fully saturated rings. The third kappa shape index (κ3) is 9.08. The van der Waals surface area contributed by atoms with E-state index in [-0.39, 0.29) is 24.7 Å². The van der Waals surface area contributed by atoms with E-state index in [9.17, 15) is 10.2 Å². The van der Waals surface area contributed by atoms with E-state index in [1.165, 1.54) is 24.3 Å². The van der Waals surface area contributed by atoms with Gasteiger partial charge in [0.25, 0.3) is 0 Å². The predicted octanol–water partition coefficient (Wildman–Crippen LogP) is 16.7. The summed E-state index contributed by atoms with van der Waals surface area (Å²) in [6.45, 7) is 13.1. The minimum Gasteiger partial charge on any atom is -0.505 e. The van der Waals surface area contributed by atoms with Crippen LogP contribution in [0.2, 0.25) is 0 Å². The van der Waals surface area contributed by atoms with Gasteiger partial charge in [0.1, 0.15) is 34.6 Å². The van der Waals surface area contributed by atoms with Crippen LogP contribution in [0.3, 0.4) is 0 Å². The Kier molecular flexibility index (Phi) is 13.1. The zero-order valence-electron chi connectivity index (χ0n) is 41.4. The number of aromatic nitrogens is 2. The fraction of sp³-hybridized carbons (Fsp3) is 0.238. The Bertz CT molecular complexity index is 3300. The Balaban J connectivity index is 0.960. The highest BCUT2D eigenvalue weighted by Gasteiger charge is 2.24. The SMILES string of the molecule is CCCCc1cc(-c2cc(F)ccc2OCCCOc2ccc(F)cc2-c2cc(CCCC)cc(-n3c4ccc(C)cc4c4cc(C)ccc43)c2O)c(O)c(-n2c3ccc(C)cc3c3cc(C)ccc32)c1. The first-order valence-electron chi connectivity index (χ1n) is 25.0. The summed E-state index contributed by atoms with van der Waals surface area (Å²) in [5, 5.41) is 29.2. The Morgan fingerprint density at radius 2 is 0.761 bits per heavy atom. The Morgan fingerprint density at radius 1 is 0.408 bits per heavy atom. The van der Waals surface area contributed by atoms with Crippen molar-refractivity contribution in [2.45, 2.75) is 86.5 Å². The summed E-state index contributed by atoms with van der Waals surface area (Å²) in [7, 11) is 0. The molecular formula is C63H60F2N2O4. The van der Waals surface area contributed by atoms with Crippen LogP contribution in [0, 0.1) is 39.3 Å². The topological polar surface area (TPSA) is 68.8 Å². The van der Waals surface area contributed by atoms with Crippen LogP contribution in [0.1, 0.15) is 79.3 Å². The molecule has 0 aliphatic carbocycles. The molecule has 0 bridgehead atoms. The number of unbranched alkanes of at least 4 members (excludes halogenated alkanes) is 2. The Labute approximate surface area is 414 Å². The maximum Gasteiger partial charge on any atom is 0.147 e. The van der Waals surface area contributed by atoms with Crippen molar-refractivity contribution in [3.63, 3.8) is 0 Å². The molecule has 10 rings (SSSR count). The van der Waals surface area contributed by atoms with Gasteiger partial charge in [-0.3, -0.25) is 0 Å². The van der Waals surface area contributed by atoms with Gasteiger partial charge >= 0.3 is 0 Å². The van der Waals surface area contributed by atoms with Crippen LogP contribution in [-0.4, -0.2) is 32.6 Å². The third-order valence-electron chi connectivity index (χ3n) is 13.8. The zero-order valence-corrected chi connectivity index (χ0v) is 41.4. The first-order chi connectivity index (χ1) is 34.4. The standard InChI is InChI=1S/C63H60F2N2O4/c1-7-9-12-42-32-52(62(68)58(34-42)66-54-20-14-38(3)28-46(54)47-29-39(4)15-21-55(47)66)50-36-44(64)18-24-60(50)70-26-11-27-71-61-25-19-45(65)37-51(61)53-33-43(13-10-8-2)35-59(63(53)69)67-56-22-16-40(5)30-48(56)49-31-41(6)17-23-57(49)67/h14-25,28-37,68-69H,7-13,26-27H2,1-6H3. The highest BCUT2D eigenvalue weighted by atomic mass is 19.1. The van der Waals surface area contributed by atoms with Gasteiger partial charge in [-0.25, -0.2) is 8.78 Å². The fourth-order valence-electron chi connectivity index (χ4n) is 10.3. The predicted molar refractivity (Wildman–Crippen MR) is 287 cm³/mol. The van der Waals surface area contributed by atoms with Gasteiger partial charge in [0.15, 0.2) is 0 Å². The van der Waals surface area contributed by atoms with E-state index in [0.29, 0.717) is 51.5 Å². The lowest BCUT2D eigenvalue weighted by molar-refractivity contribution is 0.248. The van der Waals surface area contributed by atoms with Crippen molar-refractivity contribution in [1.29, 1.82) is 0 Å². The number of benzene rings is 8. The summed E-state index contributed by atoms with van der Waals surface area (Å²) in [4.78, 5) is 0. The van der Waals surface area contributed by atoms with E-state index in [2.05, 4.69) is 136 Å². The first kappa shape index (κ1) is 47.1. The van der Waals surface area contributed by atoms with Crippen LogP contribution in [0.5, 0.6) is 23.0 Å². The number of ether oxygens (including phenoxy) is 2. The van der Waals surface area contributed by atoms with Gasteiger partial charge in [-0.1, -0.05) is 73.2 Å². The monoisotopic (exact) mass is 946 g/mol. The number of halogens is 2. The largest absolute Gasteiger partial charge is 0.505 e. The minimum atomic E-state index is -0.448. The molecule has 0 saturated carbocycles. The van der Waals surface area contributed by atoms with Crippen molar-refractivity contribution >= 4 is 43.6 Å². The number of phenolic OH excluding ortho intramolecular Hbond substituents is 2. The van der Waals surface area contributed by atoms with Crippen molar-refractivity contribution < 1.29 is 28.5 Å². The van der Waals surface area contributed by atoms with E-state index >= 15 is 8.78 Å². The van der Waals surface area contributed by atoms with Gasteiger partial charge < -0.3 is 28.8 Å². The molecule has 0 spiro atoms. The quantitative estimate of drug-likeness (QED) is 0.0947. The number of aromatic hydroxyl groups is 2. The maximum absolute atomic E-state index is 15.3. The average Bonchev–Trinajstić information content (AvgIpc) is 3.84. The highest BCUT2D eigenvalue weighted by molar-refractivity contribution is 6.11. The second-order valence-electron chi connectivity index (χ2n) is 19.3. The van der Waals surface area contributed by atoms with Crippen LogP contribution in [-0.2, 0) is 12.8 Å². The van der Waals surface area contributed by atoms with E-state index in [1.54, 1.807) is 12.1 Å². The summed E-state index contributed by atoms with van der Waals surface area (Å²) in [6, 6.07) is 42.3. The summed E-state index contributed by atoms with van der Waals surface area (Å²) >= 11 is 0. The van der Waals surface area contributed by atoms with Gasteiger partial charge in [-0.05, 0) is 174 Å². The van der Waals surface area contributed by atoms with Crippen molar-refractivity contribution in [3.05, 3.63) is 178 Å². The van der Waals surface area contributed by atoms with Crippen LogP contribution in [0.15, 0.2) is 133 Å². The number of fused-ring (bicyclic) bond motifs is 6. The minimum absolute atomic E-state index is 0.0290. The van der Waals surface area contributed by atoms with Gasteiger partial charge in [0.05, 0.1) is 46.7 Å². The van der Waals surface area contributed by atoms with E-state index in [4.69, 9.17) is 9.47 Å². The number of hydrogen-bond acceptors (Lipinski definition) is 4. The molecule has 8 heteroatoms. The summed E-state index contributed by atoms with van der Waals surface area (Å²) in [6.07, 6.45) is 5.86. The van der Waals surface area contributed by atoms with Crippen molar-refractivity contribution in [1.82, 2.24) is 9.13 Å². The number of aryl methyl sites for hydroxylation is 6. The van der Waals surface area contributed by atoms with E-state index in [0.717, 1.165) is 116 Å². The Morgan fingerprint density at radius 3 is 1.10 bits per heavy atom. The molecule has 0 saturated heterocycles. The molecule has 2 aromatic heterocycles. The summed E-state index contributed by atoms with van der Waals surface area (Å²) < 4.78 is 47.8. The molecule has 0 aliphatic heterocycles. The summed E-state index contributed by atoms with van der Waals surface area (Å²) in [5.74, 6) is 0.00938. The van der Waals surface area contributed by atoms with Crippen molar-refractivity contribution in [2.24, 2.45) is 0 Å². The van der Waals surface area contributed by atoms with E-state index < -0.39 is 11.6 Å². The van der Waals surface area contributed by atoms with Crippen LogP contribution < -0.4 is 9.47 Å². The number of rotatable bonds is 16.